The first-order chi connectivity index (χ1) is 16.1. The van der Waals surface area contributed by atoms with Gasteiger partial charge in [0, 0.05) is 29.7 Å². The van der Waals surface area contributed by atoms with Crippen LogP contribution in [0.3, 0.4) is 0 Å². The van der Waals surface area contributed by atoms with Gasteiger partial charge in [0.05, 0.1) is 29.9 Å². The highest BCUT2D eigenvalue weighted by atomic mass is 19.4. The number of hydrogen-bond acceptors (Lipinski definition) is 4. The average Bonchev–Trinajstić information content (AvgIpc) is 3.39. The fourth-order valence-corrected chi connectivity index (χ4v) is 4.62. The van der Waals surface area contributed by atoms with Gasteiger partial charge in [-0.15, -0.1) is 0 Å². The quantitative estimate of drug-likeness (QED) is 0.435. The van der Waals surface area contributed by atoms with Crippen LogP contribution in [0, 0.1) is 6.92 Å². The Kier molecular flexibility index (Phi) is 4.92. The van der Waals surface area contributed by atoms with Crippen LogP contribution in [-0.2, 0) is 12.7 Å². The maximum Gasteiger partial charge on any atom is 0.416 e. The van der Waals surface area contributed by atoms with Gasteiger partial charge in [-0.3, -0.25) is 9.59 Å². The summed E-state index contributed by atoms with van der Waals surface area (Å²) >= 11 is 0. The fourth-order valence-electron chi connectivity index (χ4n) is 4.62. The molecule has 4 heterocycles. The van der Waals surface area contributed by atoms with E-state index >= 15 is 0 Å². The van der Waals surface area contributed by atoms with Crippen molar-refractivity contribution in [3.05, 3.63) is 82.0 Å². The Morgan fingerprint density at radius 3 is 2.62 bits per heavy atom. The molecule has 0 fully saturated rings. The van der Waals surface area contributed by atoms with Crippen LogP contribution < -0.4 is 5.56 Å². The van der Waals surface area contributed by atoms with E-state index < -0.39 is 17.8 Å². The van der Waals surface area contributed by atoms with Gasteiger partial charge in [-0.25, -0.2) is 4.98 Å². The Bertz CT molecular complexity index is 1480. The molecule has 0 saturated carbocycles. The molecule has 1 aromatic carbocycles. The fraction of sp³-hybridized carbons (Fsp3) is 0.292. The molecule has 0 bridgehead atoms. The van der Waals surface area contributed by atoms with Crippen molar-refractivity contribution in [2.24, 2.45) is 0 Å². The summed E-state index contributed by atoms with van der Waals surface area (Å²) in [5.41, 5.74) is 1.02. The largest absolute Gasteiger partial charge is 0.464 e. The predicted octanol–water partition coefficient (Wildman–Crippen LogP) is 4.71. The summed E-state index contributed by atoms with van der Waals surface area (Å²) < 4.78 is 47.7. The smallest absolute Gasteiger partial charge is 0.416 e. The number of benzene rings is 1. The van der Waals surface area contributed by atoms with Crippen LogP contribution in [-0.4, -0.2) is 31.0 Å². The van der Waals surface area contributed by atoms with Gasteiger partial charge in [0.25, 0.3) is 11.5 Å². The summed E-state index contributed by atoms with van der Waals surface area (Å²) in [7, 11) is 0. The predicted molar refractivity (Wildman–Crippen MR) is 118 cm³/mol. The number of amides is 1. The summed E-state index contributed by atoms with van der Waals surface area (Å²) in [5, 5.41) is 0.509. The lowest BCUT2D eigenvalue weighted by atomic mass is 10.0. The zero-order valence-corrected chi connectivity index (χ0v) is 18.6. The molecule has 1 amide bonds. The van der Waals surface area contributed by atoms with Crippen molar-refractivity contribution in [2.75, 3.05) is 0 Å². The van der Waals surface area contributed by atoms with Gasteiger partial charge < -0.3 is 18.5 Å². The number of aryl methyl sites for hydroxylation is 1. The van der Waals surface area contributed by atoms with E-state index in [1.54, 1.807) is 41.0 Å². The molecule has 2 unspecified atom stereocenters. The number of furan rings is 1. The van der Waals surface area contributed by atoms with Gasteiger partial charge in [-0.1, -0.05) is 6.07 Å². The summed E-state index contributed by atoms with van der Waals surface area (Å²) in [6.07, 6.45) is 0.201. The molecule has 0 N–H and O–H groups in total. The van der Waals surface area contributed by atoms with Gasteiger partial charge in [0.1, 0.15) is 17.0 Å². The van der Waals surface area contributed by atoms with E-state index in [0.717, 1.165) is 17.8 Å². The molecule has 0 radical (unpaired) electrons. The van der Waals surface area contributed by atoms with Crippen molar-refractivity contribution in [1.29, 1.82) is 0 Å². The monoisotopic (exact) mass is 470 g/mol. The van der Waals surface area contributed by atoms with E-state index in [1.165, 1.54) is 16.9 Å². The first-order valence-corrected chi connectivity index (χ1v) is 10.7. The van der Waals surface area contributed by atoms with E-state index in [-0.39, 0.29) is 35.3 Å². The van der Waals surface area contributed by atoms with Crippen molar-refractivity contribution in [2.45, 2.75) is 45.6 Å². The van der Waals surface area contributed by atoms with Gasteiger partial charge in [-0.05, 0) is 45.0 Å². The first kappa shape index (κ1) is 22.0. The first-order valence-electron chi connectivity index (χ1n) is 10.7. The second kappa shape index (κ2) is 7.61. The van der Waals surface area contributed by atoms with Crippen molar-refractivity contribution < 1.29 is 22.4 Å². The second-order valence-electron chi connectivity index (χ2n) is 8.58. The topological polar surface area (TPSA) is 73.3 Å². The minimum Gasteiger partial charge on any atom is -0.464 e. The van der Waals surface area contributed by atoms with Crippen LogP contribution in [0.25, 0.3) is 16.7 Å². The Balaban J connectivity index is 1.51. The number of aromatic nitrogens is 3. The van der Waals surface area contributed by atoms with Gasteiger partial charge >= 0.3 is 6.18 Å². The summed E-state index contributed by atoms with van der Waals surface area (Å²) in [5.74, 6) is -0.335. The maximum absolute atomic E-state index is 13.5. The third-order valence-electron chi connectivity index (χ3n) is 6.32. The number of pyridine rings is 1. The Labute approximate surface area is 192 Å². The number of halogens is 3. The normalized spacial score (nSPS) is 17.3. The number of fused-ring (bicyclic) bond motifs is 2. The minimum absolute atomic E-state index is 0.102. The molecular weight excluding hydrogens is 449 g/mol. The Morgan fingerprint density at radius 2 is 1.94 bits per heavy atom. The molecule has 176 valence electrons. The minimum atomic E-state index is -4.48. The lowest BCUT2D eigenvalue weighted by molar-refractivity contribution is -0.137. The number of nitrogens with zero attached hydrogens (tertiary/aromatic N) is 4. The van der Waals surface area contributed by atoms with Crippen LogP contribution >= 0.6 is 0 Å². The van der Waals surface area contributed by atoms with Crippen molar-refractivity contribution in [1.82, 2.24) is 19.0 Å². The number of carbonyl (C=O) groups is 1. The molecule has 0 spiro atoms. The number of hydrogen-bond donors (Lipinski definition) is 0. The van der Waals surface area contributed by atoms with E-state index in [1.807, 2.05) is 13.8 Å². The highest BCUT2D eigenvalue weighted by Crippen LogP contribution is 2.37. The van der Waals surface area contributed by atoms with Crippen molar-refractivity contribution in [3.63, 3.8) is 0 Å². The molecule has 2 atom stereocenters. The van der Waals surface area contributed by atoms with Crippen LogP contribution in [0.4, 0.5) is 13.2 Å². The molecule has 34 heavy (non-hydrogen) atoms. The summed E-state index contributed by atoms with van der Waals surface area (Å²) in [6.45, 7) is 5.73. The Morgan fingerprint density at radius 1 is 1.18 bits per heavy atom. The third kappa shape index (κ3) is 3.41. The van der Waals surface area contributed by atoms with E-state index in [0.29, 0.717) is 16.6 Å². The van der Waals surface area contributed by atoms with Crippen LogP contribution in [0.2, 0.25) is 0 Å². The molecule has 1 aliphatic rings. The summed E-state index contributed by atoms with van der Waals surface area (Å²) in [6, 6.07) is 5.71. The SMILES string of the molecule is Cc1cn(-c2ccc3n(c2=O)CC(C)N(C(C)c2coc4cc(C(F)(F)F)ccc24)C3=O)cn1. The highest BCUT2D eigenvalue weighted by Gasteiger charge is 2.36. The number of alkyl halides is 3. The number of rotatable bonds is 3. The molecule has 3 aromatic heterocycles. The number of imidazole rings is 1. The molecule has 7 nitrogen and oxygen atoms in total. The van der Waals surface area contributed by atoms with Gasteiger partial charge in [0.15, 0.2) is 0 Å². The third-order valence-corrected chi connectivity index (χ3v) is 6.32. The van der Waals surface area contributed by atoms with E-state index in [2.05, 4.69) is 4.98 Å². The maximum atomic E-state index is 13.5. The van der Waals surface area contributed by atoms with Crippen molar-refractivity contribution >= 4 is 16.9 Å². The lowest BCUT2D eigenvalue weighted by Gasteiger charge is -2.39. The molecular formula is C24H21F3N4O3. The van der Waals surface area contributed by atoms with E-state index in [9.17, 15) is 22.8 Å². The highest BCUT2D eigenvalue weighted by molar-refractivity contribution is 5.94. The molecule has 1 aliphatic heterocycles. The molecule has 5 rings (SSSR count). The number of carbonyl (C=O) groups excluding carboxylic acids is 1. The van der Waals surface area contributed by atoms with E-state index in [4.69, 9.17) is 4.42 Å². The molecule has 0 saturated heterocycles. The standard InChI is InChI=1S/C24H21F3N4O3/c1-13-9-29(12-28-13)19-6-7-20-23(33)31(14(2)10-30(20)22(19)32)15(3)18-11-34-21-8-16(24(25,26)27)4-5-17(18)21/h4-9,11-12,14-15H,10H2,1-3H3. The van der Waals surface area contributed by atoms with Crippen molar-refractivity contribution in [3.8, 4) is 5.69 Å². The average molecular weight is 470 g/mol. The van der Waals surface area contributed by atoms with Crippen LogP contribution in [0.5, 0.6) is 0 Å². The molecule has 4 aromatic rings. The van der Waals surface area contributed by atoms with Crippen LogP contribution in [0.15, 0.2) is 58.3 Å². The van der Waals surface area contributed by atoms with Gasteiger partial charge in [0.2, 0.25) is 0 Å². The van der Waals surface area contributed by atoms with Crippen LogP contribution in [0.1, 0.15) is 47.2 Å². The zero-order chi connectivity index (χ0) is 24.4. The molecule has 0 aliphatic carbocycles. The zero-order valence-electron chi connectivity index (χ0n) is 18.6. The molecule has 10 heteroatoms. The van der Waals surface area contributed by atoms with Gasteiger partial charge in [-0.2, -0.15) is 13.2 Å². The lowest BCUT2D eigenvalue weighted by Crippen LogP contribution is -2.50. The Hall–Kier alpha value is -3.82. The second-order valence-corrected chi connectivity index (χ2v) is 8.58. The summed E-state index contributed by atoms with van der Waals surface area (Å²) in [4.78, 5) is 32.4.